The lowest BCUT2D eigenvalue weighted by Crippen LogP contribution is -2.31. The van der Waals surface area contributed by atoms with Gasteiger partial charge in [-0.25, -0.2) is 9.97 Å². The van der Waals surface area contributed by atoms with Crippen molar-refractivity contribution in [3.63, 3.8) is 0 Å². The third kappa shape index (κ3) is 2.82. The zero-order chi connectivity index (χ0) is 15.7. The van der Waals surface area contributed by atoms with Crippen LogP contribution in [0.3, 0.4) is 0 Å². The van der Waals surface area contributed by atoms with E-state index in [1.165, 1.54) is 11.9 Å². The molecule has 6 nitrogen and oxygen atoms in total. The molecule has 0 bridgehead atoms. The molecule has 2 fully saturated rings. The lowest BCUT2D eigenvalue weighted by atomic mass is 9.86. The summed E-state index contributed by atoms with van der Waals surface area (Å²) in [4.78, 5) is 28.9. The molecule has 1 atom stereocenters. The Hall–Kier alpha value is -2.34. The summed E-state index contributed by atoms with van der Waals surface area (Å²) in [6, 6.07) is 4.07. The Kier molecular flexibility index (Phi) is 3.53. The van der Waals surface area contributed by atoms with Gasteiger partial charge in [-0.1, -0.05) is 6.07 Å². The standard InChI is InChI=1S/C17H19N5O/c23-16-6-17(12-22(16)15-8-19-13-20-9-15)3-5-21(11-17)10-14-2-1-4-18-7-14/h1-2,4,7-9,13H,3,5-6,10-12H2/t17-/m0/s1. The fourth-order valence-electron chi connectivity index (χ4n) is 3.75. The fraction of sp³-hybridized carbons (Fsp3) is 0.412. The summed E-state index contributed by atoms with van der Waals surface area (Å²) >= 11 is 0. The number of rotatable bonds is 3. The van der Waals surface area contributed by atoms with E-state index in [9.17, 15) is 4.79 Å². The van der Waals surface area contributed by atoms with E-state index in [1.54, 1.807) is 18.6 Å². The molecule has 6 heteroatoms. The van der Waals surface area contributed by atoms with Gasteiger partial charge < -0.3 is 4.90 Å². The van der Waals surface area contributed by atoms with Crippen molar-refractivity contribution in [3.05, 3.63) is 48.8 Å². The molecule has 2 aromatic heterocycles. The van der Waals surface area contributed by atoms with Gasteiger partial charge >= 0.3 is 0 Å². The molecule has 2 aliphatic rings. The Morgan fingerprint density at radius 1 is 1.13 bits per heavy atom. The Balaban J connectivity index is 1.45. The third-order valence-electron chi connectivity index (χ3n) is 4.83. The van der Waals surface area contributed by atoms with E-state index < -0.39 is 0 Å². The average molecular weight is 309 g/mol. The maximum Gasteiger partial charge on any atom is 0.227 e. The summed E-state index contributed by atoms with van der Waals surface area (Å²) < 4.78 is 0. The van der Waals surface area contributed by atoms with E-state index in [4.69, 9.17) is 0 Å². The molecule has 4 rings (SSSR count). The first-order valence-corrected chi connectivity index (χ1v) is 7.91. The minimum Gasteiger partial charge on any atom is -0.309 e. The Morgan fingerprint density at radius 3 is 2.78 bits per heavy atom. The summed E-state index contributed by atoms with van der Waals surface area (Å²) in [7, 11) is 0. The molecule has 2 aromatic rings. The van der Waals surface area contributed by atoms with Crippen LogP contribution < -0.4 is 4.90 Å². The van der Waals surface area contributed by atoms with Gasteiger partial charge in [0.1, 0.15) is 6.33 Å². The summed E-state index contributed by atoms with van der Waals surface area (Å²) in [6.45, 7) is 3.65. The molecule has 23 heavy (non-hydrogen) atoms. The number of amides is 1. The first-order valence-electron chi connectivity index (χ1n) is 7.91. The van der Waals surface area contributed by atoms with Crippen molar-refractivity contribution < 1.29 is 4.79 Å². The van der Waals surface area contributed by atoms with Gasteiger partial charge in [0.15, 0.2) is 0 Å². The molecular formula is C17H19N5O. The summed E-state index contributed by atoms with van der Waals surface area (Å²) in [6.07, 6.45) is 10.3. The van der Waals surface area contributed by atoms with E-state index in [0.29, 0.717) is 6.42 Å². The largest absolute Gasteiger partial charge is 0.309 e. The highest BCUT2D eigenvalue weighted by Crippen LogP contribution is 2.41. The van der Waals surface area contributed by atoms with E-state index in [0.717, 1.165) is 38.3 Å². The van der Waals surface area contributed by atoms with E-state index >= 15 is 0 Å². The van der Waals surface area contributed by atoms with Gasteiger partial charge in [-0.05, 0) is 24.6 Å². The molecule has 0 saturated carbocycles. The number of carbonyl (C=O) groups excluding carboxylic acids is 1. The van der Waals surface area contributed by atoms with Gasteiger partial charge in [0.25, 0.3) is 0 Å². The van der Waals surface area contributed by atoms with Gasteiger partial charge in [0, 0.05) is 43.9 Å². The van der Waals surface area contributed by atoms with Crippen molar-refractivity contribution >= 4 is 11.6 Å². The molecule has 0 aliphatic carbocycles. The van der Waals surface area contributed by atoms with Gasteiger partial charge in [-0.15, -0.1) is 0 Å². The quantitative estimate of drug-likeness (QED) is 0.860. The fourth-order valence-corrected chi connectivity index (χ4v) is 3.75. The molecule has 0 radical (unpaired) electrons. The van der Waals surface area contributed by atoms with Crippen LogP contribution in [-0.2, 0) is 11.3 Å². The Morgan fingerprint density at radius 2 is 2.00 bits per heavy atom. The van der Waals surface area contributed by atoms with Crippen LogP contribution in [0.25, 0.3) is 0 Å². The first-order chi connectivity index (χ1) is 11.2. The predicted octanol–water partition coefficient (Wildman–Crippen LogP) is 1.50. The zero-order valence-electron chi connectivity index (χ0n) is 12.9. The van der Waals surface area contributed by atoms with Crippen LogP contribution in [0.4, 0.5) is 5.69 Å². The monoisotopic (exact) mass is 309 g/mol. The molecule has 2 aliphatic heterocycles. The van der Waals surface area contributed by atoms with Gasteiger partial charge in [-0.2, -0.15) is 0 Å². The van der Waals surface area contributed by atoms with Crippen molar-refractivity contribution in [1.82, 2.24) is 19.9 Å². The second-order valence-electron chi connectivity index (χ2n) is 6.58. The number of pyridine rings is 1. The van der Waals surface area contributed by atoms with Gasteiger partial charge in [0.05, 0.1) is 18.1 Å². The summed E-state index contributed by atoms with van der Waals surface area (Å²) in [5.41, 5.74) is 2.09. The van der Waals surface area contributed by atoms with Crippen LogP contribution >= 0.6 is 0 Å². The molecule has 0 N–H and O–H groups in total. The minimum atomic E-state index is 0.0646. The molecule has 118 valence electrons. The van der Waals surface area contributed by atoms with Crippen LogP contribution in [-0.4, -0.2) is 45.4 Å². The van der Waals surface area contributed by atoms with Crippen LogP contribution in [0, 0.1) is 5.41 Å². The molecular weight excluding hydrogens is 290 g/mol. The number of carbonyl (C=O) groups is 1. The van der Waals surface area contributed by atoms with Crippen molar-refractivity contribution in [2.45, 2.75) is 19.4 Å². The van der Waals surface area contributed by atoms with Crippen LogP contribution in [0.2, 0.25) is 0 Å². The third-order valence-corrected chi connectivity index (χ3v) is 4.83. The Labute approximate surface area is 135 Å². The molecule has 1 spiro atoms. The SMILES string of the molecule is O=C1C[C@]2(CCN(Cc3cccnc3)C2)CN1c1cncnc1. The smallest absolute Gasteiger partial charge is 0.227 e. The number of hydrogen-bond acceptors (Lipinski definition) is 5. The van der Waals surface area contributed by atoms with Crippen LogP contribution in [0.1, 0.15) is 18.4 Å². The van der Waals surface area contributed by atoms with Gasteiger partial charge in [-0.3, -0.25) is 14.7 Å². The summed E-state index contributed by atoms with van der Waals surface area (Å²) in [5.74, 6) is 0.183. The van der Waals surface area contributed by atoms with Gasteiger partial charge in [0.2, 0.25) is 5.91 Å². The van der Waals surface area contributed by atoms with E-state index in [-0.39, 0.29) is 11.3 Å². The normalized spacial score (nSPS) is 24.7. The number of anilines is 1. The number of hydrogen-bond donors (Lipinski definition) is 0. The number of likely N-dealkylation sites (tertiary alicyclic amines) is 1. The first kappa shape index (κ1) is 14.3. The number of aromatic nitrogens is 3. The van der Waals surface area contributed by atoms with E-state index in [1.807, 2.05) is 17.2 Å². The zero-order valence-corrected chi connectivity index (χ0v) is 12.9. The molecule has 0 aromatic carbocycles. The molecule has 2 saturated heterocycles. The highest BCUT2D eigenvalue weighted by atomic mass is 16.2. The Bertz CT molecular complexity index is 693. The van der Waals surface area contributed by atoms with Crippen molar-refractivity contribution in [2.24, 2.45) is 5.41 Å². The predicted molar refractivity (Wildman–Crippen MR) is 85.6 cm³/mol. The molecule has 4 heterocycles. The van der Waals surface area contributed by atoms with Crippen LogP contribution in [0.15, 0.2) is 43.2 Å². The van der Waals surface area contributed by atoms with Crippen molar-refractivity contribution in [1.29, 1.82) is 0 Å². The minimum absolute atomic E-state index is 0.0646. The van der Waals surface area contributed by atoms with E-state index in [2.05, 4.69) is 25.9 Å². The maximum absolute atomic E-state index is 12.4. The second kappa shape index (κ2) is 5.70. The van der Waals surface area contributed by atoms with Crippen molar-refractivity contribution in [2.75, 3.05) is 24.5 Å². The molecule has 1 amide bonds. The number of nitrogens with zero attached hydrogens (tertiary/aromatic N) is 5. The van der Waals surface area contributed by atoms with Crippen LogP contribution in [0.5, 0.6) is 0 Å². The average Bonchev–Trinajstić information content (AvgIpc) is 3.12. The topological polar surface area (TPSA) is 62.2 Å². The highest BCUT2D eigenvalue weighted by molar-refractivity contribution is 5.96. The van der Waals surface area contributed by atoms with Crippen molar-refractivity contribution in [3.8, 4) is 0 Å². The lowest BCUT2D eigenvalue weighted by Gasteiger charge is -2.24. The molecule has 0 unspecified atom stereocenters. The summed E-state index contributed by atoms with van der Waals surface area (Å²) in [5, 5.41) is 0. The highest BCUT2D eigenvalue weighted by Gasteiger charge is 2.47. The second-order valence-corrected chi connectivity index (χ2v) is 6.58. The lowest BCUT2D eigenvalue weighted by molar-refractivity contribution is -0.117. The maximum atomic E-state index is 12.4.